The van der Waals surface area contributed by atoms with Crippen LogP contribution in [-0.4, -0.2) is 24.1 Å². The summed E-state index contributed by atoms with van der Waals surface area (Å²) < 4.78 is 28.0. The van der Waals surface area contributed by atoms with Crippen LogP contribution in [0.5, 0.6) is 5.75 Å². The fraction of sp³-hybridized carbons (Fsp3) is 0.111. The van der Waals surface area contributed by atoms with Gasteiger partial charge in [-0.15, -0.1) is 0 Å². The Morgan fingerprint density at radius 3 is 2.00 bits per heavy atom. The third-order valence-electron chi connectivity index (χ3n) is 1.80. The molecule has 0 bridgehead atoms. The molecule has 90 valence electrons. The molecule has 0 N–H and O–H groups in total. The third-order valence-corrected chi connectivity index (χ3v) is 1.80. The molecule has 0 radical (unpaired) electrons. The fourth-order valence-electron chi connectivity index (χ4n) is 1.16. The van der Waals surface area contributed by atoms with Crippen LogP contribution in [0.2, 0.25) is 0 Å². The number of nitrogens with zero attached hydrogens (tertiary/aromatic N) is 1. The van der Waals surface area contributed by atoms with Gasteiger partial charge in [-0.1, -0.05) is 0 Å². The summed E-state index contributed by atoms with van der Waals surface area (Å²) in [5.74, 6) is -0.671. The van der Waals surface area contributed by atoms with Gasteiger partial charge in [-0.25, -0.2) is 0 Å². The van der Waals surface area contributed by atoms with Crippen LogP contribution in [0.25, 0.3) is 0 Å². The van der Waals surface area contributed by atoms with Gasteiger partial charge >= 0.3 is 6.61 Å². The van der Waals surface area contributed by atoms with Gasteiger partial charge in [0.25, 0.3) is 5.69 Å². The first-order valence-electron chi connectivity index (χ1n) is 4.17. The van der Waals surface area contributed by atoms with E-state index in [-0.39, 0.29) is 12.6 Å². The van der Waals surface area contributed by atoms with E-state index in [0.717, 1.165) is 12.1 Å². The largest absolute Gasteiger partial charge is 0.433 e. The monoisotopic (exact) mass is 245 g/mol. The second-order valence-corrected chi connectivity index (χ2v) is 2.82. The maximum Gasteiger partial charge on any atom is 0.387 e. The lowest BCUT2D eigenvalue weighted by atomic mass is 10.1. The Morgan fingerprint density at radius 1 is 1.24 bits per heavy atom. The van der Waals surface area contributed by atoms with Crippen molar-refractivity contribution in [3.05, 3.63) is 33.4 Å². The molecule has 0 heterocycles. The van der Waals surface area contributed by atoms with Crippen LogP contribution < -0.4 is 4.74 Å². The van der Waals surface area contributed by atoms with E-state index < -0.39 is 34.1 Å². The van der Waals surface area contributed by atoms with Crippen molar-refractivity contribution in [2.24, 2.45) is 0 Å². The molecule has 0 atom stereocenters. The lowest BCUT2D eigenvalue weighted by Crippen LogP contribution is -2.07. The average molecular weight is 245 g/mol. The molecule has 0 aromatic heterocycles. The molecule has 0 saturated carbocycles. The molecule has 1 aromatic rings. The van der Waals surface area contributed by atoms with E-state index >= 15 is 0 Å². The van der Waals surface area contributed by atoms with Gasteiger partial charge in [-0.05, 0) is 0 Å². The topological polar surface area (TPSA) is 86.5 Å². The van der Waals surface area contributed by atoms with Crippen molar-refractivity contribution >= 4 is 18.3 Å². The molecular formula is C9H5F2NO5. The Hall–Kier alpha value is -2.38. The Morgan fingerprint density at radius 2 is 1.71 bits per heavy atom. The number of nitro benzene ring substituents is 1. The molecule has 0 spiro atoms. The van der Waals surface area contributed by atoms with Gasteiger partial charge in [-0.2, -0.15) is 8.78 Å². The summed E-state index contributed by atoms with van der Waals surface area (Å²) in [6.07, 6.45) is 0.190. The SMILES string of the molecule is O=Cc1cc([N+](=O)[O-])cc(C=O)c1OC(F)F. The summed E-state index contributed by atoms with van der Waals surface area (Å²) >= 11 is 0. The van der Waals surface area contributed by atoms with Gasteiger partial charge < -0.3 is 4.74 Å². The minimum atomic E-state index is -3.24. The van der Waals surface area contributed by atoms with Crippen LogP contribution in [0.4, 0.5) is 14.5 Å². The average Bonchev–Trinajstić information content (AvgIpc) is 2.28. The Kier molecular flexibility index (Phi) is 3.81. The van der Waals surface area contributed by atoms with E-state index in [0.29, 0.717) is 0 Å². The number of rotatable bonds is 5. The molecular weight excluding hydrogens is 240 g/mol. The van der Waals surface area contributed by atoms with Crippen molar-refractivity contribution in [2.75, 3.05) is 0 Å². The van der Waals surface area contributed by atoms with Crippen LogP contribution in [0, 0.1) is 10.1 Å². The van der Waals surface area contributed by atoms with Crippen molar-refractivity contribution in [2.45, 2.75) is 6.61 Å². The van der Waals surface area contributed by atoms with E-state index in [1.807, 2.05) is 0 Å². The predicted molar refractivity (Wildman–Crippen MR) is 50.5 cm³/mol. The van der Waals surface area contributed by atoms with Gasteiger partial charge in [0.05, 0.1) is 16.1 Å². The first-order chi connectivity index (χ1) is 7.99. The molecule has 0 fully saturated rings. The summed E-state index contributed by atoms with van der Waals surface area (Å²) in [6.45, 7) is -3.24. The van der Waals surface area contributed by atoms with Crippen LogP contribution in [0.15, 0.2) is 12.1 Å². The minimum absolute atomic E-state index is 0.0950. The van der Waals surface area contributed by atoms with Crippen molar-refractivity contribution in [1.29, 1.82) is 0 Å². The number of aldehydes is 2. The molecule has 0 aliphatic rings. The highest BCUT2D eigenvalue weighted by Gasteiger charge is 2.19. The van der Waals surface area contributed by atoms with Crippen LogP contribution in [0.3, 0.4) is 0 Å². The molecule has 0 amide bonds. The highest BCUT2D eigenvalue weighted by atomic mass is 19.3. The van der Waals surface area contributed by atoms with Gasteiger partial charge in [0, 0.05) is 12.1 Å². The molecule has 1 aromatic carbocycles. The highest BCUT2D eigenvalue weighted by molar-refractivity contribution is 5.90. The van der Waals surface area contributed by atoms with E-state index in [9.17, 15) is 28.5 Å². The van der Waals surface area contributed by atoms with Gasteiger partial charge in [-0.3, -0.25) is 19.7 Å². The molecule has 0 aliphatic carbocycles. The lowest BCUT2D eigenvalue weighted by molar-refractivity contribution is -0.384. The number of nitro groups is 1. The molecule has 1 rings (SSSR count). The summed E-state index contributed by atoms with van der Waals surface area (Å²) in [7, 11) is 0. The van der Waals surface area contributed by atoms with Crippen molar-refractivity contribution < 1.29 is 28.0 Å². The number of non-ortho nitro benzene ring substituents is 1. The Bertz CT molecular complexity index is 445. The van der Waals surface area contributed by atoms with Crippen molar-refractivity contribution in [3.8, 4) is 5.75 Å². The highest BCUT2D eigenvalue weighted by Crippen LogP contribution is 2.28. The minimum Gasteiger partial charge on any atom is -0.433 e. The van der Waals surface area contributed by atoms with E-state index in [1.165, 1.54) is 0 Å². The van der Waals surface area contributed by atoms with Crippen LogP contribution in [0.1, 0.15) is 20.7 Å². The number of alkyl halides is 2. The summed E-state index contributed by atoms with van der Waals surface area (Å²) in [4.78, 5) is 30.8. The number of hydrogen-bond donors (Lipinski definition) is 0. The summed E-state index contributed by atoms with van der Waals surface area (Å²) in [6, 6.07) is 1.50. The van der Waals surface area contributed by atoms with Crippen LogP contribution >= 0.6 is 0 Å². The molecule has 8 heteroatoms. The number of hydrogen-bond acceptors (Lipinski definition) is 5. The van der Waals surface area contributed by atoms with Crippen molar-refractivity contribution in [1.82, 2.24) is 0 Å². The number of halogens is 2. The number of carbonyl (C=O) groups excluding carboxylic acids is 2. The fourth-order valence-corrected chi connectivity index (χ4v) is 1.16. The van der Waals surface area contributed by atoms with E-state index in [4.69, 9.17) is 0 Å². The predicted octanol–water partition coefficient (Wildman–Crippen LogP) is 1.82. The van der Waals surface area contributed by atoms with Gasteiger partial charge in [0.15, 0.2) is 12.6 Å². The van der Waals surface area contributed by atoms with Gasteiger partial charge in [0.2, 0.25) is 0 Å². The molecule has 6 nitrogen and oxygen atoms in total. The zero-order valence-electron chi connectivity index (χ0n) is 8.13. The molecule has 0 aliphatic heterocycles. The Balaban J connectivity index is 3.41. The van der Waals surface area contributed by atoms with E-state index in [2.05, 4.69) is 4.74 Å². The zero-order chi connectivity index (χ0) is 13.0. The normalized spacial score (nSPS) is 10.1. The quantitative estimate of drug-likeness (QED) is 0.448. The number of ether oxygens (including phenoxy) is 1. The standard InChI is InChI=1S/C9H5F2NO5/c10-9(11)17-8-5(3-13)1-7(12(15)16)2-6(8)4-14/h1-4,9H. The lowest BCUT2D eigenvalue weighted by Gasteiger charge is -2.09. The van der Waals surface area contributed by atoms with Gasteiger partial charge in [0.1, 0.15) is 5.75 Å². The second-order valence-electron chi connectivity index (χ2n) is 2.82. The first kappa shape index (κ1) is 12.7. The Labute approximate surface area is 92.9 Å². The summed E-state index contributed by atoms with van der Waals surface area (Å²) in [5, 5.41) is 10.5. The first-order valence-corrected chi connectivity index (χ1v) is 4.17. The molecule has 0 saturated heterocycles. The summed E-state index contributed by atoms with van der Waals surface area (Å²) in [5.41, 5.74) is -1.53. The number of benzene rings is 1. The number of carbonyl (C=O) groups is 2. The maximum atomic E-state index is 12.0. The third kappa shape index (κ3) is 2.80. The van der Waals surface area contributed by atoms with Crippen LogP contribution in [-0.2, 0) is 0 Å². The zero-order valence-corrected chi connectivity index (χ0v) is 8.13. The molecule has 0 unspecified atom stereocenters. The second kappa shape index (κ2) is 5.10. The van der Waals surface area contributed by atoms with Crippen molar-refractivity contribution in [3.63, 3.8) is 0 Å². The van der Waals surface area contributed by atoms with E-state index in [1.54, 1.807) is 0 Å². The smallest absolute Gasteiger partial charge is 0.387 e. The molecule has 17 heavy (non-hydrogen) atoms. The maximum absolute atomic E-state index is 12.0.